The van der Waals surface area contributed by atoms with E-state index in [0.717, 1.165) is 51.3 Å². The van der Waals surface area contributed by atoms with Gasteiger partial charge in [0, 0.05) is 40.0 Å². The van der Waals surface area contributed by atoms with Crippen molar-refractivity contribution in [2.24, 2.45) is 0 Å². The van der Waals surface area contributed by atoms with Crippen LogP contribution >= 0.6 is 11.6 Å². The molecule has 2 aromatic heterocycles. The Labute approximate surface area is 192 Å². The van der Waals surface area contributed by atoms with Crippen LogP contribution < -0.4 is 0 Å². The summed E-state index contributed by atoms with van der Waals surface area (Å²) in [6.07, 6.45) is 5.31. The van der Waals surface area contributed by atoms with Crippen molar-refractivity contribution in [1.29, 1.82) is 0 Å². The summed E-state index contributed by atoms with van der Waals surface area (Å²) in [6.45, 7) is 0.963. The maximum absolute atomic E-state index is 6.34. The number of para-hydroxylation sites is 1. The van der Waals surface area contributed by atoms with Crippen LogP contribution in [-0.4, -0.2) is 14.8 Å². The molecular weight excluding hydrogens is 414 g/mol. The molecule has 0 radical (unpaired) electrons. The zero-order chi connectivity index (χ0) is 21.5. The Morgan fingerprint density at radius 2 is 1.62 bits per heavy atom. The summed E-state index contributed by atoms with van der Waals surface area (Å²) >= 11 is 6.34. The minimum Gasteiger partial charge on any atom is -0.268 e. The third-order valence-electron chi connectivity index (χ3n) is 6.33. The molecule has 6 rings (SSSR count). The summed E-state index contributed by atoms with van der Waals surface area (Å²) in [7, 11) is 0. The second-order valence-corrected chi connectivity index (χ2v) is 8.72. The predicted octanol–water partition coefficient (Wildman–Crippen LogP) is 7.42. The Hall–Kier alpha value is -3.43. The highest BCUT2D eigenvalue weighted by molar-refractivity contribution is 6.30. The summed E-state index contributed by atoms with van der Waals surface area (Å²) in [6, 6.07) is 27.1. The number of nitrogens with zero attached hydrogens (tertiary/aromatic N) is 3. The van der Waals surface area contributed by atoms with Crippen LogP contribution in [0.1, 0.15) is 18.5 Å². The summed E-state index contributed by atoms with van der Waals surface area (Å²) in [4.78, 5) is 4.60. The molecule has 0 saturated carbocycles. The minimum absolute atomic E-state index is 0.738. The van der Waals surface area contributed by atoms with Gasteiger partial charge in [0.2, 0.25) is 0 Å². The highest BCUT2D eigenvalue weighted by Gasteiger charge is 2.25. The summed E-state index contributed by atoms with van der Waals surface area (Å²) in [5.74, 6) is 0. The number of rotatable bonds is 3. The fourth-order valence-electron chi connectivity index (χ4n) is 4.87. The fraction of sp³-hybridized carbons (Fsp3) is 0.143. The monoisotopic (exact) mass is 435 g/mol. The van der Waals surface area contributed by atoms with Crippen molar-refractivity contribution in [1.82, 2.24) is 14.8 Å². The summed E-state index contributed by atoms with van der Waals surface area (Å²) < 4.78 is 2.22. The van der Waals surface area contributed by atoms with Gasteiger partial charge >= 0.3 is 0 Å². The van der Waals surface area contributed by atoms with Gasteiger partial charge in [-0.15, -0.1) is 0 Å². The normalized spacial score (nSPS) is 13.3. The van der Waals surface area contributed by atoms with Crippen molar-refractivity contribution in [2.75, 3.05) is 0 Å². The zero-order valence-electron chi connectivity index (χ0n) is 17.6. The van der Waals surface area contributed by atoms with Crippen molar-refractivity contribution >= 4 is 22.5 Å². The van der Waals surface area contributed by atoms with Crippen molar-refractivity contribution < 1.29 is 0 Å². The van der Waals surface area contributed by atoms with Crippen LogP contribution in [0.5, 0.6) is 0 Å². The molecule has 0 N–H and O–H groups in total. The maximum atomic E-state index is 6.34. The van der Waals surface area contributed by atoms with E-state index in [1.165, 1.54) is 29.7 Å². The van der Waals surface area contributed by atoms with E-state index in [1.54, 1.807) is 0 Å². The second kappa shape index (κ2) is 7.92. The third kappa shape index (κ3) is 3.21. The highest BCUT2D eigenvalue weighted by Crippen LogP contribution is 2.42. The predicted molar refractivity (Wildman–Crippen MR) is 132 cm³/mol. The van der Waals surface area contributed by atoms with Gasteiger partial charge in [0.15, 0.2) is 0 Å². The standard InChI is InChI=1S/C28H22ClN3/c29-20-9-7-8-19(18-20)21-10-1-2-12-24(21)28-27(26-14-5-6-17-32(26)31-28)23-15-16-30-25-13-4-3-11-22(23)25/h1-4,7-13,15-16,18H,5-6,14,17H2. The first kappa shape index (κ1) is 19.3. The second-order valence-electron chi connectivity index (χ2n) is 8.28. The van der Waals surface area contributed by atoms with E-state index >= 15 is 0 Å². The van der Waals surface area contributed by atoms with E-state index in [0.29, 0.717) is 0 Å². The average Bonchev–Trinajstić information content (AvgIpc) is 3.23. The van der Waals surface area contributed by atoms with Gasteiger partial charge in [0.25, 0.3) is 0 Å². The van der Waals surface area contributed by atoms with Gasteiger partial charge in [-0.2, -0.15) is 5.10 Å². The van der Waals surface area contributed by atoms with Crippen LogP contribution in [0.15, 0.2) is 85.1 Å². The average molecular weight is 436 g/mol. The van der Waals surface area contributed by atoms with Crippen molar-refractivity contribution in [3.8, 4) is 33.5 Å². The molecule has 5 aromatic rings. The molecule has 1 aliphatic rings. The number of pyridine rings is 1. The smallest absolute Gasteiger partial charge is 0.101 e. The molecule has 4 heteroatoms. The molecule has 0 aliphatic carbocycles. The van der Waals surface area contributed by atoms with Crippen molar-refractivity contribution in [3.63, 3.8) is 0 Å². The van der Waals surface area contributed by atoms with Gasteiger partial charge in [-0.3, -0.25) is 9.67 Å². The Morgan fingerprint density at radius 3 is 2.53 bits per heavy atom. The fourth-order valence-corrected chi connectivity index (χ4v) is 5.06. The first-order chi connectivity index (χ1) is 15.8. The molecule has 32 heavy (non-hydrogen) atoms. The van der Waals surface area contributed by atoms with Crippen LogP contribution in [0.4, 0.5) is 0 Å². The molecule has 0 saturated heterocycles. The van der Waals surface area contributed by atoms with Crippen molar-refractivity contribution in [3.05, 3.63) is 95.8 Å². The number of hydrogen-bond donors (Lipinski definition) is 0. The van der Waals surface area contributed by atoms with Gasteiger partial charge in [0.1, 0.15) is 5.69 Å². The van der Waals surface area contributed by atoms with E-state index in [9.17, 15) is 0 Å². The Morgan fingerprint density at radius 1 is 0.781 bits per heavy atom. The molecule has 0 unspecified atom stereocenters. The van der Waals surface area contributed by atoms with Crippen LogP contribution in [-0.2, 0) is 13.0 Å². The largest absolute Gasteiger partial charge is 0.268 e. The van der Waals surface area contributed by atoms with Crippen LogP contribution in [0.25, 0.3) is 44.4 Å². The molecule has 1 aliphatic heterocycles. The van der Waals surface area contributed by atoms with Gasteiger partial charge in [0.05, 0.1) is 5.52 Å². The lowest BCUT2D eigenvalue weighted by Crippen LogP contribution is -2.11. The molecule has 3 heterocycles. The first-order valence-electron chi connectivity index (χ1n) is 11.1. The SMILES string of the molecule is Clc1cccc(-c2ccccc2-c2nn3c(c2-c2ccnc4ccccc24)CCCC3)c1. The van der Waals surface area contributed by atoms with Gasteiger partial charge < -0.3 is 0 Å². The molecule has 0 atom stereocenters. The minimum atomic E-state index is 0.738. The Kier molecular flexibility index (Phi) is 4.77. The molecule has 0 spiro atoms. The number of hydrogen-bond acceptors (Lipinski definition) is 2. The van der Waals surface area contributed by atoms with E-state index in [4.69, 9.17) is 16.7 Å². The van der Waals surface area contributed by atoms with E-state index in [1.807, 2.05) is 30.5 Å². The van der Waals surface area contributed by atoms with Gasteiger partial charge in [-0.1, -0.05) is 66.2 Å². The number of aromatic nitrogens is 3. The van der Waals surface area contributed by atoms with E-state index in [2.05, 4.69) is 64.3 Å². The third-order valence-corrected chi connectivity index (χ3v) is 6.56. The summed E-state index contributed by atoms with van der Waals surface area (Å²) in [5, 5.41) is 7.08. The van der Waals surface area contributed by atoms with Gasteiger partial charge in [-0.05, 0) is 60.2 Å². The molecule has 0 amide bonds. The Bertz CT molecular complexity index is 1450. The quantitative estimate of drug-likeness (QED) is 0.295. The molecule has 3 nitrogen and oxygen atoms in total. The first-order valence-corrected chi connectivity index (χ1v) is 11.5. The topological polar surface area (TPSA) is 30.7 Å². The lowest BCUT2D eigenvalue weighted by molar-refractivity contribution is 0.487. The zero-order valence-corrected chi connectivity index (χ0v) is 18.4. The van der Waals surface area contributed by atoms with Crippen LogP contribution in [0.2, 0.25) is 5.02 Å². The maximum Gasteiger partial charge on any atom is 0.101 e. The molecule has 156 valence electrons. The molecule has 3 aromatic carbocycles. The summed E-state index contributed by atoms with van der Waals surface area (Å²) in [5.41, 5.74) is 9.18. The number of fused-ring (bicyclic) bond motifs is 2. The lowest BCUT2D eigenvalue weighted by atomic mass is 9.90. The van der Waals surface area contributed by atoms with Crippen LogP contribution in [0.3, 0.4) is 0 Å². The molecule has 0 fully saturated rings. The van der Waals surface area contributed by atoms with E-state index in [-0.39, 0.29) is 0 Å². The number of aryl methyl sites for hydroxylation is 1. The number of benzene rings is 3. The van der Waals surface area contributed by atoms with Crippen molar-refractivity contribution in [2.45, 2.75) is 25.8 Å². The Balaban J connectivity index is 1.66. The van der Waals surface area contributed by atoms with E-state index < -0.39 is 0 Å². The molecule has 0 bridgehead atoms. The lowest BCUT2D eigenvalue weighted by Gasteiger charge is -2.16. The van der Waals surface area contributed by atoms with Gasteiger partial charge in [-0.25, -0.2) is 0 Å². The highest BCUT2D eigenvalue weighted by atomic mass is 35.5. The van der Waals surface area contributed by atoms with Crippen LogP contribution in [0, 0.1) is 0 Å². The molecular formula is C28H22ClN3. The number of halogens is 1.